The summed E-state index contributed by atoms with van der Waals surface area (Å²) in [6.07, 6.45) is 0.925. The van der Waals surface area contributed by atoms with Crippen molar-refractivity contribution in [2.45, 2.75) is 6.42 Å². The summed E-state index contributed by atoms with van der Waals surface area (Å²) in [6, 6.07) is 5.47. The molecule has 0 spiro atoms. The monoisotopic (exact) mass is 254 g/mol. The van der Waals surface area contributed by atoms with E-state index < -0.39 is 0 Å². The second-order valence-corrected chi connectivity index (χ2v) is 4.46. The molecule has 3 nitrogen and oxygen atoms in total. The third-order valence-corrected chi connectivity index (χ3v) is 3.38. The van der Waals surface area contributed by atoms with Gasteiger partial charge in [0.15, 0.2) is 0 Å². The molecule has 0 saturated carbocycles. The second-order valence-electron chi connectivity index (χ2n) is 3.64. The van der Waals surface area contributed by atoms with E-state index in [-0.39, 0.29) is 0 Å². The van der Waals surface area contributed by atoms with E-state index in [4.69, 9.17) is 27.7 Å². The number of nitrogens with one attached hydrogen (secondary N) is 1. The van der Waals surface area contributed by atoms with Gasteiger partial charge in [-0.25, -0.2) is 0 Å². The highest BCUT2D eigenvalue weighted by Gasteiger charge is 2.21. The first-order valence-electron chi connectivity index (χ1n) is 4.93. The van der Waals surface area contributed by atoms with Crippen molar-refractivity contribution in [1.82, 2.24) is 5.16 Å². The lowest BCUT2D eigenvalue weighted by molar-refractivity contribution is 0.436. The highest BCUT2D eigenvalue weighted by Crippen LogP contribution is 2.34. The smallest absolute Gasteiger partial charge is 0.228 e. The second kappa shape index (κ2) is 3.68. The molecule has 1 aliphatic heterocycles. The number of benzene rings is 1. The largest absolute Gasteiger partial charge is 0.353 e. The number of fused-ring (bicyclic) bond motifs is 1. The maximum absolute atomic E-state index is 5.98. The Morgan fingerprint density at radius 2 is 2.12 bits per heavy atom. The van der Waals surface area contributed by atoms with Crippen LogP contribution in [0.4, 0.5) is 5.88 Å². The minimum Gasteiger partial charge on any atom is -0.353 e. The molecular weight excluding hydrogens is 247 g/mol. The minimum absolute atomic E-state index is 0.530. The Kier molecular flexibility index (Phi) is 2.30. The zero-order valence-corrected chi connectivity index (χ0v) is 9.77. The zero-order valence-electron chi connectivity index (χ0n) is 8.26. The standard InChI is InChI=1S/C11H8Cl2N2O/c12-8-2-1-6(5-9(8)13)10-7-3-4-14-11(7)16-15-10/h1-2,5,14H,3-4H2. The van der Waals surface area contributed by atoms with Gasteiger partial charge in [-0.15, -0.1) is 0 Å². The van der Waals surface area contributed by atoms with E-state index in [1.54, 1.807) is 12.1 Å². The molecule has 1 aromatic heterocycles. The van der Waals surface area contributed by atoms with E-state index in [2.05, 4.69) is 10.5 Å². The van der Waals surface area contributed by atoms with Crippen LogP contribution >= 0.6 is 23.2 Å². The SMILES string of the molecule is Clc1ccc(-c2noc3c2CCN3)cc1Cl. The molecular formula is C11H8Cl2N2O. The van der Waals surface area contributed by atoms with Crippen LogP contribution in [0.15, 0.2) is 22.7 Å². The Labute approximate surface area is 102 Å². The van der Waals surface area contributed by atoms with Gasteiger partial charge in [0.05, 0.1) is 10.0 Å². The quantitative estimate of drug-likeness (QED) is 0.845. The molecule has 0 amide bonds. The summed E-state index contributed by atoms with van der Waals surface area (Å²) < 4.78 is 5.19. The number of hydrogen-bond donors (Lipinski definition) is 1. The van der Waals surface area contributed by atoms with Crippen LogP contribution < -0.4 is 5.32 Å². The van der Waals surface area contributed by atoms with Crippen molar-refractivity contribution in [2.24, 2.45) is 0 Å². The highest BCUT2D eigenvalue weighted by atomic mass is 35.5. The van der Waals surface area contributed by atoms with Gasteiger partial charge in [0.2, 0.25) is 5.88 Å². The molecule has 0 fully saturated rings. The summed E-state index contributed by atoms with van der Waals surface area (Å²) in [5.74, 6) is 0.765. The first kappa shape index (κ1) is 10.00. The molecule has 2 heterocycles. The number of halogens is 2. The predicted molar refractivity (Wildman–Crippen MR) is 64.2 cm³/mol. The zero-order chi connectivity index (χ0) is 11.1. The maximum atomic E-state index is 5.98. The fourth-order valence-corrected chi connectivity index (χ4v) is 2.15. The van der Waals surface area contributed by atoms with Crippen molar-refractivity contribution in [1.29, 1.82) is 0 Å². The summed E-state index contributed by atoms with van der Waals surface area (Å²) in [5.41, 5.74) is 2.89. The fourth-order valence-electron chi connectivity index (χ4n) is 1.85. The van der Waals surface area contributed by atoms with Gasteiger partial charge >= 0.3 is 0 Å². The van der Waals surface area contributed by atoms with Crippen LogP contribution in [0, 0.1) is 0 Å². The third kappa shape index (κ3) is 1.47. The Morgan fingerprint density at radius 1 is 1.25 bits per heavy atom. The van der Waals surface area contributed by atoms with E-state index >= 15 is 0 Å². The van der Waals surface area contributed by atoms with Crippen molar-refractivity contribution >= 4 is 29.1 Å². The fraction of sp³-hybridized carbons (Fsp3) is 0.182. The molecule has 0 aliphatic carbocycles. The van der Waals surface area contributed by atoms with Crippen molar-refractivity contribution < 1.29 is 4.52 Å². The molecule has 82 valence electrons. The van der Waals surface area contributed by atoms with E-state index in [0.717, 1.165) is 35.7 Å². The van der Waals surface area contributed by atoms with Crippen molar-refractivity contribution in [3.63, 3.8) is 0 Å². The van der Waals surface area contributed by atoms with E-state index in [0.29, 0.717) is 10.0 Å². The molecule has 1 N–H and O–H groups in total. The van der Waals surface area contributed by atoms with Crippen molar-refractivity contribution in [3.05, 3.63) is 33.8 Å². The summed E-state index contributed by atoms with van der Waals surface area (Å²) in [5, 5.41) is 8.24. The average Bonchev–Trinajstić information content (AvgIpc) is 2.83. The summed E-state index contributed by atoms with van der Waals surface area (Å²) in [4.78, 5) is 0. The normalized spacial score (nSPS) is 13.6. The molecule has 16 heavy (non-hydrogen) atoms. The van der Waals surface area contributed by atoms with E-state index in [1.165, 1.54) is 0 Å². The van der Waals surface area contributed by atoms with Gasteiger partial charge in [0, 0.05) is 17.7 Å². The minimum atomic E-state index is 0.530. The van der Waals surface area contributed by atoms with Crippen molar-refractivity contribution in [2.75, 3.05) is 11.9 Å². The van der Waals surface area contributed by atoms with Gasteiger partial charge in [-0.1, -0.05) is 34.4 Å². The van der Waals surface area contributed by atoms with E-state index in [1.807, 2.05) is 6.07 Å². The van der Waals surface area contributed by atoms with E-state index in [9.17, 15) is 0 Å². The lowest BCUT2D eigenvalue weighted by Crippen LogP contribution is -1.92. The van der Waals surface area contributed by atoms with Crippen LogP contribution in [-0.4, -0.2) is 11.7 Å². The molecule has 5 heteroatoms. The number of hydrogen-bond acceptors (Lipinski definition) is 3. The number of rotatable bonds is 1. The molecule has 0 unspecified atom stereocenters. The first-order chi connectivity index (χ1) is 7.75. The van der Waals surface area contributed by atoms with Gasteiger partial charge in [0.1, 0.15) is 5.69 Å². The predicted octanol–water partition coefficient (Wildman–Crippen LogP) is 3.62. The van der Waals surface area contributed by atoms with Crippen molar-refractivity contribution in [3.8, 4) is 11.3 Å². The Morgan fingerprint density at radius 3 is 2.94 bits per heavy atom. The topological polar surface area (TPSA) is 38.1 Å². The number of anilines is 1. The number of aromatic nitrogens is 1. The molecule has 0 saturated heterocycles. The molecule has 1 aliphatic rings. The molecule has 2 aromatic rings. The van der Waals surface area contributed by atoms with Gasteiger partial charge in [0.25, 0.3) is 0 Å². The first-order valence-corrected chi connectivity index (χ1v) is 5.69. The summed E-state index contributed by atoms with van der Waals surface area (Å²) in [6.45, 7) is 0.894. The maximum Gasteiger partial charge on any atom is 0.228 e. The molecule has 0 radical (unpaired) electrons. The Bertz CT molecular complexity index is 551. The van der Waals surface area contributed by atoms with Gasteiger partial charge in [-0.05, 0) is 18.6 Å². The highest BCUT2D eigenvalue weighted by molar-refractivity contribution is 6.42. The number of nitrogens with zero attached hydrogens (tertiary/aromatic N) is 1. The van der Waals surface area contributed by atoms with Crippen LogP contribution in [0.3, 0.4) is 0 Å². The van der Waals surface area contributed by atoms with Crippen LogP contribution in [0.25, 0.3) is 11.3 Å². The van der Waals surface area contributed by atoms with Crippen LogP contribution in [-0.2, 0) is 6.42 Å². The average molecular weight is 255 g/mol. The summed E-state index contributed by atoms with van der Waals surface area (Å²) in [7, 11) is 0. The third-order valence-electron chi connectivity index (χ3n) is 2.64. The van der Waals surface area contributed by atoms with Gasteiger partial charge in [-0.3, -0.25) is 0 Å². The molecule has 0 atom stereocenters. The van der Waals surface area contributed by atoms with Crippen LogP contribution in [0.2, 0.25) is 10.0 Å². The lowest BCUT2D eigenvalue weighted by atomic mass is 10.1. The molecule has 1 aromatic carbocycles. The van der Waals surface area contributed by atoms with Crippen LogP contribution in [0.5, 0.6) is 0 Å². The Hall–Kier alpha value is -1.19. The van der Waals surface area contributed by atoms with Gasteiger partial charge in [-0.2, -0.15) is 0 Å². The molecule has 3 rings (SSSR count). The lowest BCUT2D eigenvalue weighted by Gasteiger charge is -2.00. The molecule has 0 bridgehead atoms. The Balaban J connectivity index is 2.11. The van der Waals surface area contributed by atoms with Crippen LogP contribution in [0.1, 0.15) is 5.56 Å². The summed E-state index contributed by atoms with van der Waals surface area (Å²) >= 11 is 11.8. The van der Waals surface area contributed by atoms with Gasteiger partial charge < -0.3 is 9.84 Å².